The minimum atomic E-state index is 0.272. The molecule has 2 N–H and O–H groups in total. The van der Waals surface area contributed by atoms with Crippen LogP contribution in [0.25, 0.3) is 27.9 Å². The van der Waals surface area contributed by atoms with Gasteiger partial charge in [0.05, 0.1) is 6.20 Å². The summed E-state index contributed by atoms with van der Waals surface area (Å²) in [5.41, 5.74) is 6.84. The zero-order chi connectivity index (χ0) is 21.7. The number of fused-ring (bicyclic) bond motifs is 4. The van der Waals surface area contributed by atoms with Gasteiger partial charge in [0.2, 0.25) is 5.95 Å². The van der Waals surface area contributed by atoms with Gasteiger partial charge in [0.15, 0.2) is 11.5 Å². The molecule has 0 saturated heterocycles. The predicted molar refractivity (Wildman–Crippen MR) is 126 cm³/mol. The summed E-state index contributed by atoms with van der Waals surface area (Å²) in [6.07, 6.45) is 8.48. The highest BCUT2D eigenvalue weighted by Gasteiger charge is 2.24. The first-order valence-corrected chi connectivity index (χ1v) is 11.2. The van der Waals surface area contributed by atoms with E-state index in [0.29, 0.717) is 11.7 Å². The van der Waals surface area contributed by atoms with Gasteiger partial charge < -0.3 is 10.3 Å². The van der Waals surface area contributed by atoms with E-state index in [0.717, 1.165) is 42.0 Å². The molecule has 4 aromatic heterocycles. The number of rotatable bonds is 4. The third-order valence-electron chi connectivity index (χ3n) is 6.37. The number of hydrogen-bond acceptors (Lipinski definition) is 5. The van der Waals surface area contributed by atoms with Crippen molar-refractivity contribution in [1.29, 1.82) is 0 Å². The van der Waals surface area contributed by atoms with Crippen molar-refractivity contribution in [1.82, 2.24) is 29.5 Å². The molecule has 1 aliphatic rings. The lowest BCUT2D eigenvalue weighted by Gasteiger charge is -2.24. The Morgan fingerprint density at radius 1 is 1.09 bits per heavy atom. The van der Waals surface area contributed by atoms with Crippen LogP contribution in [0.3, 0.4) is 0 Å². The minimum Gasteiger partial charge on any atom is -0.358 e. The van der Waals surface area contributed by atoms with Gasteiger partial charge in [-0.25, -0.2) is 4.98 Å². The van der Waals surface area contributed by atoms with Gasteiger partial charge in [0.25, 0.3) is 0 Å². The molecule has 1 aromatic carbocycles. The molecule has 0 saturated carbocycles. The van der Waals surface area contributed by atoms with E-state index in [1.54, 1.807) is 12.4 Å². The molecule has 0 radical (unpaired) electrons. The molecule has 5 aromatic rings. The van der Waals surface area contributed by atoms with Crippen LogP contribution in [0.4, 0.5) is 5.95 Å². The molecule has 6 rings (SSSR count). The highest BCUT2D eigenvalue weighted by Crippen LogP contribution is 2.31. The lowest BCUT2D eigenvalue weighted by molar-refractivity contribution is 0.599. The Morgan fingerprint density at radius 3 is 2.84 bits per heavy atom. The molecule has 4 heterocycles. The molecule has 0 aliphatic heterocycles. The van der Waals surface area contributed by atoms with Gasteiger partial charge in [-0.1, -0.05) is 32.0 Å². The number of nitrogens with zero attached hydrogens (tertiary/aromatic N) is 5. The number of pyridine rings is 1. The molecule has 1 atom stereocenters. The van der Waals surface area contributed by atoms with Gasteiger partial charge in [-0.3, -0.25) is 4.98 Å². The van der Waals surface area contributed by atoms with Crippen LogP contribution in [0, 0.1) is 0 Å². The highest BCUT2D eigenvalue weighted by atomic mass is 15.4. The Kier molecular flexibility index (Phi) is 4.41. The number of aromatic amines is 1. The summed E-state index contributed by atoms with van der Waals surface area (Å²) in [5.74, 6) is 1.72. The zero-order valence-corrected chi connectivity index (χ0v) is 18.2. The Balaban J connectivity index is 1.41. The Morgan fingerprint density at radius 2 is 2.00 bits per heavy atom. The molecule has 0 unspecified atom stereocenters. The van der Waals surface area contributed by atoms with E-state index in [4.69, 9.17) is 9.97 Å². The number of anilines is 1. The quantitative estimate of drug-likeness (QED) is 0.435. The summed E-state index contributed by atoms with van der Waals surface area (Å²) in [6.45, 7) is 4.32. The first kappa shape index (κ1) is 19.0. The number of aryl methyl sites for hydroxylation is 1. The van der Waals surface area contributed by atoms with Crippen LogP contribution in [0.2, 0.25) is 0 Å². The number of H-pyrrole nitrogens is 1. The van der Waals surface area contributed by atoms with Crippen LogP contribution in [0.1, 0.15) is 43.0 Å². The molecule has 0 bridgehead atoms. The molecule has 0 spiro atoms. The Bertz CT molecular complexity index is 1410. The van der Waals surface area contributed by atoms with Gasteiger partial charge >= 0.3 is 0 Å². The summed E-state index contributed by atoms with van der Waals surface area (Å²) in [4.78, 5) is 17.6. The second-order valence-corrected chi connectivity index (χ2v) is 8.81. The third kappa shape index (κ3) is 3.12. The van der Waals surface area contributed by atoms with Crippen LogP contribution >= 0.6 is 0 Å². The molecule has 7 heteroatoms. The van der Waals surface area contributed by atoms with Crippen molar-refractivity contribution in [3.8, 4) is 11.4 Å². The minimum absolute atomic E-state index is 0.272. The molecular formula is C25H25N7. The average molecular weight is 424 g/mol. The molecule has 0 amide bonds. The monoisotopic (exact) mass is 423 g/mol. The topological polar surface area (TPSA) is 83.8 Å². The molecule has 1 aliphatic carbocycles. The fourth-order valence-corrected chi connectivity index (χ4v) is 4.69. The molecule has 160 valence electrons. The zero-order valence-electron chi connectivity index (χ0n) is 18.2. The lowest BCUT2D eigenvalue weighted by atomic mass is 9.91. The molecular weight excluding hydrogens is 398 g/mol. The maximum Gasteiger partial charge on any atom is 0.228 e. The van der Waals surface area contributed by atoms with Crippen molar-refractivity contribution in [3.63, 3.8) is 0 Å². The lowest BCUT2D eigenvalue weighted by Crippen LogP contribution is -2.29. The number of nitrogens with one attached hydrogen (secondary N) is 2. The van der Waals surface area contributed by atoms with E-state index in [9.17, 15) is 0 Å². The van der Waals surface area contributed by atoms with Crippen LogP contribution < -0.4 is 5.32 Å². The standard InChI is InChI=1S/C25H25N7/c1-15(2)20-14-27-32-24(20)30-23(16-6-5-11-26-13-16)31-25(32)28-17-9-10-22-19(12-17)18-7-3-4-8-21(18)29-22/h3-8,11,13-15,17,29H,9-10,12H2,1-2H3,(H,28,30,31)/t17-/m1/s1. The van der Waals surface area contributed by atoms with Crippen molar-refractivity contribution >= 4 is 22.5 Å². The maximum atomic E-state index is 4.87. The van der Waals surface area contributed by atoms with Crippen molar-refractivity contribution < 1.29 is 0 Å². The van der Waals surface area contributed by atoms with Crippen LogP contribution in [-0.4, -0.2) is 35.6 Å². The fourth-order valence-electron chi connectivity index (χ4n) is 4.69. The maximum absolute atomic E-state index is 4.87. The van der Waals surface area contributed by atoms with Crippen LogP contribution in [0.5, 0.6) is 0 Å². The number of aromatic nitrogens is 6. The van der Waals surface area contributed by atoms with Crippen molar-refractivity contribution in [2.24, 2.45) is 0 Å². The smallest absolute Gasteiger partial charge is 0.228 e. The molecule has 32 heavy (non-hydrogen) atoms. The van der Waals surface area contributed by atoms with Gasteiger partial charge in [-0.2, -0.15) is 14.6 Å². The largest absolute Gasteiger partial charge is 0.358 e. The fraction of sp³-hybridized carbons (Fsp3) is 0.280. The van der Waals surface area contributed by atoms with E-state index in [-0.39, 0.29) is 6.04 Å². The summed E-state index contributed by atoms with van der Waals surface area (Å²) >= 11 is 0. The van der Waals surface area contributed by atoms with E-state index >= 15 is 0 Å². The van der Waals surface area contributed by atoms with Crippen molar-refractivity contribution in [3.05, 3.63) is 71.8 Å². The molecule has 7 nitrogen and oxygen atoms in total. The summed E-state index contributed by atoms with van der Waals surface area (Å²) in [7, 11) is 0. The van der Waals surface area contributed by atoms with Crippen molar-refractivity contribution in [2.75, 3.05) is 5.32 Å². The Labute approximate surface area is 186 Å². The van der Waals surface area contributed by atoms with E-state index in [1.165, 1.54) is 22.2 Å². The second kappa shape index (κ2) is 7.44. The summed E-state index contributed by atoms with van der Waals surface area (Å²) < 4.78 is 1.85. The van der Waals surface area contributed by atoms with Gasteiger partial charge in [0.1, 0.15) is 0 Å². The van der Waals surface area contributed by atoms with Crippen LogP contribution in [-0.2, 0) is 12.8 Å². The number of hydrogen-bond donors (Lipinski definition) is 2. The van der Waals surface area contributed by atoms with Gasteiger partial charge in [0, 0.05) is 46.2 Å². The number of benzene rings is 1. The summed E-state index contributed by atoms with van der Waals surface area (Å²) in [5, 5.41) is 9.65. The van der Waals surface area contributed by atoms with E-state index in [1.807, 2.05) is 22.8 Å². The highest BCUT2D eigenvalue weighted by molar-refractivity contribution is 5.85. The van der Waals surface area contributed by atoms with Gasteiger partial charge in [-0.15, -0.1) is 0 Å². The van der Waals surface area contributed by atoms with E-state index in [2.05, 4.69) is 58.5 Å². The van der Waals surface area contributed by atoms with Gasteiger partial charge in [-0.05, 0) is 48.9 Å². The average Bonchev–Trinajstić information content (AvgIpc) is 3.41. The normalized spacial score (nSPS) is 16.0. The molecule has 0 fully saturated rings. The first-order valence-electron chi connectivity index (χ1n) is 11.2. The number of para-hydroxylation sites is 1. The van der Waals surface area contributed by atoms with Crippen LogP contribution in [0.15, 0.2) is 55.0 Å². The first-order chi connectivity index (χ1) is 15.7. The van der Waals surface area contributed by atoms with E-state index < -0.39 is 0 Å². The second-order valence-electron chi connectivity index (χ2n) is 8.81. The SMILES string of the molecule is CC(C)c1cnn2c(N[C@@H]3CCc4[nH]c5ccccc5c4C3)nc(-c3cccnc3)nc12. The Hall–Kier alpha value is -3.74. The third-order valence-corrected chi connectivity index (χ3v) is 6.37. The van der Waals surface area contributed by atoms with Crippen molar-refractivity contribution in [2.45, 2.75) is 45.1 Å². The predicted octanol–water partition coefficient (Wildman–Crippen LogP) is 4.76. The summed E-state index contributed by atoms with van der Waals surface area (Å²) in [6, 6.07) is 12.7.